The van der Waals surface area contributed by atoms with Gasteiger partial charge < -0.3 is 4.74 Å². The second-order valence-corrected chi connectivity index (χ2v) is 9.58. The first-order valence-electron chi connectivity index (χ1n) is 15.0. The van der Waals surface area contributed by atoms with E-state index in [4.69, 9.17) is 4.74 Å². The van der Waals surface area contributed by atoms with Crippen molar-refractivity contribution in [1.29, 1.82) is 0 Å². The molecule has 0 bridgehead atoms. The lowest BCUT2D eigenvalue weighted by molar-refractivity contribution is -0.144. The highest BCUT2D eigenvalue weighted by atomic mass is 16.5. The number of hydrogen-bond donors (Lipinski definition) is 0. The molecule has 2 nitrogen and oxygen atoms in total. The van der Waals surface area contributed by atoms with Gasteiger partial charge in [0.05, 0.1) is 0 Å². The van der Waals surface area contributed by atoms with Crippen molar-refractivity contribution < 1.29 is 9.53 Å². The summed E-state index contributed by atoms with van der Waals surface area (Å²) in [7, 11) is 0. The molecule has 0 aromatic rings. The van der Waals surface area contributed by atoms with Crippen molar-refractivity contribution in [2.75, 3.05) is 0 Å². The fourth-order valence-electron chi connectivity index (χ4n) is 3.75. The van der Waals surface area contributed by atoms with Gasteiger partial charge in [-0.25, -0.2) is 0 Å². The highest BCUT2D eigenvalue weighted by molar-refractivity contribution is 5.70. The van der Waals surface area contributed by atoms with Crippen LogP contribution in [-0.2, 0) is 9.53 Å². The van der Waals surface area contributed by atoms with Crippen LogP contribution in [0.2, 0.25) is 0 Å². The molecular formula is C35H54O2. The van der Waals surface area contributed by atoms with Crippen LogP contribution >= 0.6 is 0 Å². The molecule has 0 fully saturated rings. The van der Waals surface area contributed by atoms with E-state index in [1.165, 1.54) is 70.6 Å². The highest BCUT2D eigenvalue weighted by Crippen LogP contribution is 2.09. The summed E-state index contributed by atoms with van der Waals surface area (Å²) in [6.07, 6.45) is 36.0. The topological polar surface area (TPSA) is 26.3 Å². The Labute approximate surface area is 230 Å². The summed E-state index contributed by atoms with van der Waals surface area (Å²) in [6.45, 7) is 8.20. The minimum Gasteiger partial charge on any atom is -0.445 e. The fourth-order valence-corrected chi connectivity index (χ4v) is 3.75. The largest absolute Gasteiger partial charge is 0.445 e. The van der Waals surface area contributed by atoms with Crippen molar-refractivity contribution in [2.24, 2.45) is 0 Å². The average molecular weight is 507 g/mol. The van der Waals surface area contributed by atoms with Gasteiger partial charge in [-0.3, -0.25) is 4.79 Å². The molecule has 37 heavy (non-hydrogen) atoms. The maximum absolute atomic E-state index is 12.1. The van der Waals surface area contributed by atoms with Gasteiger partial charge in [0.25, 0.3) is 0 Å². The first-order valence-corrected chi connectivity index (χ1v) is 15.0. The zero-order valence-electron chi connectivity index (χ0n) is 24.1. The van der Waals surface area contributed by atoms with Crippen molar-refractivity contribution in [3.05, 3.63) is 49.1 Å². The minimum absolute atomic E-state index is 0.209. The van der Waals surface area contributed by atoms with Crippen molar-refractivity contribution in [3.8, 4) is 23.7 Å². The lowest BCUT2D eigenvalue weighted by atomic mass is 10.1. The molecule has 0 aromatic carbocycles. The van der Waals surface area contributed by atoms with Crippen molar-refractivity contribution in [2.45, 2.75) is 142 Å². The maximum Gasteiger partial charge on any atom is 0.307 e. The van der Waals surface area contributed by atoms with Crippen LogP contribution in [0.15, 0.2) is 49.1 Å². The Bertz CT molecular complexity index is 748. The smallest absolute Gasteiger partial charge is 0.307 e. The van der Waals surface area contributed by atoms with E-state index >= 15 is 0 Å². The molecule has 0 radical (unpaired) electrons. The first-order chi connectivity index (χ1) is 18.2. The molecule has 0 saturated carbocycles. The Morgan fingerprint density at radius 1 is 0.703 bits per heavy atom. The summed E-state index contributed by atoms with van der Waals surface area (Å²) in [6, 6.07) is 0. The van der Waals surface area contributed by atoms with Gasteiger partial charge in [-0.05, 0) is 75.2 Å². The van der Waals surface area contributed by atoms with Crippen molar-refractivity contribution in [3.63, 3.8) is 0 Å². The van der Waals surface area contributed by atoms with Gasteiger partial charge >= 0.3 is 5.97 Å². The van der Waals surface area contributed by atoms with Crippen LogP contribution in [0.25, 0.3) is 0 Å². The van der Waals surface area contributed by atoms with E-state index in [9.17, 15) is 4.79 Å². The molecule has 0 rings (SSSR count). The number of hydrogen-bond acceptors (Lipinski definition) is 2. The lowest BCUT2D eigenvalue weighted by Gasteiger charge is -2.07. The normalized spacial score (nSPS) is 11.8. The van der Waals surface area contributed by atoms with Gasteiger partial charge in [-0.1, -0.05) is 121 Å². The van der Waals surface area contributed by atoms with Crippen molar-refractivity contribution >= 4 is 5.97 Å². The molecular weight excluding hydrogens is 452 g/mol. The summed E-state index contributed by atoms with van der Waals surface area (Å²) in [5, 5.41) is 0. The zero-order valence-corrected chi connectivity index (χ0v) is 24.1. The molecule has 0 heterocycles. The highest BCUT2D eigenvalue weighted by Gasteiger charge is 2.07. The van der Waals surface area contributed by atoms with Gasteiger partial charge in [-0.2, -0.15) is 0 Å². The molecule has 1 unspecified atom stereocenters. The number of rotatable bonds is 23. The standard InChI is InChI=1S/C35H54O2/c1-4-7-9-11-13-15-17-19-20-21-23-25-27-29-31-33-35(36)37-34(6-3)32-30-28-26-24-22-18-16-14-12-10-8-5-2/h6,13,15,18-20,22,34H,3-5,7-12,14,16-17,21,23-25,27,29,31,33H2,1-2H3/b15-13-,20-19-,22-18-. The third-order valence-corrected chi connectivity index (χ3v) is 6.03. The number of esters is 1. The van der Waals surface area contributed by atoms with E-state index in [1.807, 2.05) is 0 Å². The molecule has 0 aromatic heterocycles. The zero-order chi connectivity index (χ0) is 27.1. The van der Waals surface area contributed by atoms with Gasteiger partial charge in [0.15, 0.2) is 6.10 Å². The second-order valence-electron chi connectivity index (χ2n) is 9.58. The average Bonchev–Trinajstić information content (AvgIpc) is 2.90. The molecule has 0 aliphatic carbocycles. The summed E-state index contributed by atoms with van der Waals surface area (Å²) in [5.74, 6) is 11.3. The summed E-state index contributed by atoms with van der Waals surface area (Å²) in [5.41, 5.74) is 0. The maximum atomic E-state index is 12.1. The Balaban J connectivity index is 3.77. The Morgan fingerprint density at radius 3 is 1.89 bits per heavy atom. The summed E-state index contributed by atoms with van der Waals surface area (Å²) in [4.78, 5) is 12.1. The first kappa shape index (κ1) is 34.6. The van der Waals surface area contributed by atoms with Crippen LogP contribution in [0.1, 0.15) is 136 Å². The van der Waals surface area contributed by atoms with Crippen LogP contribution in [0.3, 0.4) is 0 Å². The van der Waals surface area contributed by atoms with Gasteiger partial charge in [0, 0.05) is 12.8 Å². The van der Waals surface area contributed by atoms with E-state index in [2.05, 4.69) is 80.6 Å². The molecule has 0 saturated heterocycles. The predicted molar refractivity (Wildman–Crippen MR) is 162 cm³/mol. The summed E-state index contributed by atoms with van der Waals surface area (Å²) >= 11 is 0. The third kappa shape index (κ3) is 28.0. The Morgan fingerprint density at radius 2 is 1.24 bits per heavy atom. The van der Waals surface area contributed by atoms with E-state index in [0.29, 0.717) is 12.8 Å². The summed E-state index contributed by atoms with van der Waals surface area (Å²) < 4.78 is 5.39. The molecule has 0 aliphatic heterocycles. The van der Waals surface area contributed by atoms with Crippen LogP contribution in [0.4, 0.5) is 0 Å². The minimum atomic E-state index is -0.585. The monoisotopic (exact) mass is 506 g/mol. The van der Waals surface area contributed by atoms with Crippen molar-refractivity contribution in [1.82, 2.24) is 0 Å². The SMILES string of the molecule is C=CC(C#CC#CC/C=C\CCCCCCC)OC(=O)CCCCCCC/C=C\C/C=C\CCCCC. The van der Waals surface area contributed by atoms with E-state index in [0.717, 1.165) is 38.5 Å². The van der Waals surface area contributed by atoms with Gasteiger partial charge in [0.2, 0.25) is 0 Å². The van der Waals surface area contributed by atoms with Crippen LogP contribution in [0, 0.1) is 23.7 Å². The van der Waals surface area contributed by atoms with Gasteiger partial charge in [-0.15, -0.1) is 0 Å². The fraction of sp³-hybridized carbons (Fsp3) is 0.629. The molecule has 0 amide bonds. The van der Waals surface area contributed by atoms with E-state index in [-0.39, 0.29) is 5.97 Å². The molecule has 0 N–H and O–H groups in total. The number of carbonyl (C=O) groups excluding carboxylic acids is 1. The number of allylic oxidation sites excluding steroid dienone is 6. The lowest BCUT2D eigenvalue weighted by Crippen LogP contribution is -2.13. The van der Waals surface area contributed by atoms with E-state index < -0.39 is 6.10 Å². The van der Waals surface area contributed by atoms with Crippen LogP contribution < -0.4 is 0 Å². The number of unbranched alkanes of at least 4 members (excludes halogenated alkanes) is 13. The van der Waals surface area contributed by atoms with Gasteiger partial charge in [0.1, 0.15) is 0 Å². The second kappa shape index (κ2) is 29.8. The quantitative estimate of drug-likeness (QED) is 0.0596. The third-order valence-electron chi connectivity index (χ3n) is 6.03. The molecule has 1 atom stereocenters. The Kier molecular flexibility index (Phi) is 27.8. The predicted octanol–water partition coefficient (Wildman–Crippen LogP) is 10.2. The van der Waals surface area contributed by atoms with E-state index in [1.54, 1.807) is 6.08 Å². The number of ether oxygens (including phenoxy) is 1. The molecule has 2 heteroatoms. The number of carbonyl (C=O) groups is 1. The Hall–Kier alpha value is -2.45. The molecule has 0 aliphatic rings. The van der Waals surface area contributed by atoms with Crippen LogP contribution in [0.5, 0.6) is 0 Å². The molecule has 0 spiro atoms. The van der Waals surface area contributed by atoms with Crippen LogP contribution in [-0.4, -0.2) is 12.1 Å². The molecule has 206 valence electrons.